The first kappa shape index (κ1) is 13.4. The lowest BCUT2D eigenvalue weighted by Gasteiger charge is -2.11. The molecule has 1 aromatic heterocycles. The lowest BCUT2D eigenvalue weighted by atomic mass is 10.2. The van der Waals surface area contributed by atoms with E-state index in [9.17, 15) is 4.79 Å². The van der Waals surface area contributed by atoms with Gasteiger partial charge in [-0.1, -0.05) is 29.3 Å². The van der Waals surface area contributed by atoms with Gasteiger partial charge in [0.1, 0.15) is 6.04 Å². The quantitative estimate of drug-likeness (QED) is 0.908. The highest BCUT2D eigenvalue weighted by molar-refractivity contribution is 7.10. The average molecular weight is 301 g/mol. The van der Waals surface area contributed by atoms with Crippen LogP contribution in [0.5, 0.6) is 0 Å². The van der Waals surface area contributed by atoms with Gasteiger partial charge < -0.3 is 11.1 Å². The Hall–Kier alpha value is -1.07. The number of hydrogen-bond acceptors (Lipinski definition) is 3. The molecule has 0 aliphatic heterocycles. The summed E-state index contributed by atoms with van der Waals surface area (Å²) >= 11 is 13.1. The van der Waals surface area contributed by atoms with Gasteiger partial charge in [0.2, 0.25) is 5.91 Å². The molecule has 0 aliphatic rings. The van der Waals surface area contributed by atoms with E-state index in [4.69, 9.17) is 28.9 Å². The number of amides is 1. The van der Waals surface area contributed by atoms with Crippen molar-refractivity contribution >= 4 is 46.1 Å². The average Bonchev–Trinajstić information content (AvgIpc) is 2.86. The summed E-state index contributed by atoms with van der Waals surface area (Å²) < 4.78 is 0. The van der Waals surface area contributed by atoms with Gasteiger partial charge in [-0.3, -0.25) is 4.79 Å². The minimum Gasteiger partial charge on any atom is -0.324 e. The molecule has 0 aliphatic carbocycles. The Morgan fingerprint density at radius 1 is 1.28 bits per heavy atom. The summed E-state index contributed by atoms with van der Waals surface area (Å²) in [7, 11) is 0. The first-order chi connectivity index (χ1) is 8.58. The highest BCUT2D eigenvalue weighted by atomic mass is 35.5. The van der Waals surface area contributed by atoms with Crippen molar-refractivity contribution in [3.8, 4) is 0 Å². The van der Waals surface area contributed by atoms with Crippen molar-refractivity contribution in [1.29, 1.82) is 0 Å². The first-order valence-corrected chi connectivity index (χ1v) is 6.76. The number of carbonyl (C=O) groups excluding carboxylic acids is 1. The van der Waals surface area contributed by atoms with E-state index in [1.54, 1.807) is 18.2 Å². The van der Waals surface area contributed by atoms with Crippen molar-refractivity contribution in [2.45, 2.75) is 6.04 Å². The molecule has 3 N–H and O–H groups in total. The summed E-state index contributed by atoms with van der Waals surface area (Å²) in [6, 6.07) is 7.88. The van der Waals surface area contributed by atoms with Crippen LogP contribution in [-0.4, -0.2) is 5.91 Å². The molecule has 1 aromatic carbocycles. The van der Waals surface area contributed by atoms with Crippen molar-refractivity contribution in [2.24, 2.45) is 5.73 Å². The van der Waals surface area contributed by atoms with Crippen molar-refractivity contribution in [3.63, 3.8) is 0 Å². The lowest BCUT2D eigenvalue weighted by molar-refractivity contribution is -0.117. The van der Waals surface area contributed by atoms with Gasteiger partial charge in [0.15, 0.2) is 0 Å². The van der Waals surface area contributed by atoms with E-state index in [2.05, 4.69) is 5.32 Å². The number of nitrogens with one attached hydrogen (secondary N) is 1. The van der Waals surface area contributed by atoms with E-state index in [1.165, 1.54) is 11.3 Å². The number of nitrogens with two attached hydrogens (primary N) is 1. The maximum Gasteiger partial charge on any atom is 0.246 e. The summed E-state index contributed by atoms with van der Waals surface area (Å²) in [6.07, 6.45) is 0. The monoisotopic (exact) mass is 300 g/mol. The third-order valence-electron chi connectivity index (χ3n) is 2.32. The van der Waals surface area contributed by atoms with Crippen LogP contribution in [0.4, 0.5) is 5.69 Å². The maximum absolute atomic E-state index is 11.9. The van der Waals surface area contributed by atoms with Gasteiger partial charge >= 0.3 is 0 Å². The fourth-order valence-corrected chi connectivity index (χ4v) is 2.41. The number of anilines is 1. The Labute approximate surface area is 119 Å². The Kier molecular flexibility index (Phi) is 4.24. The largest absolute Gasteiger partial charge is 0.324 e. The van der Waals surface area contributed by atoms with Crippen molar-refractivity contribution < 1.29 is 4.79 Å². The molecule has 6 heteroatoms. The molecule has 0 fully saturated rings. The predicted octanol–water partition coefficient (Wildman–Crippen LogP) is 3.69. The number of carbonyl (C=O) groups is 1. The number of halogens is 2. The minimum atomic E-state index is -0.681. The Bertz CT molecular complexity index is 557. The summed E-state index contributed by atoms with van der Waals surface area (Å²) in [5.41, 5.74) is 6.41. The van der Waals surface area contributed by atoms with Crippen LogP contribution in [0.3, 0.4) is 0 Å². The fourth-order valence-electron chi connectivity index (χ4n) is 1.39. The van der Waals surface area contributed by atoms with E-state index in [-0.39, 0.29) is 5.91 Å². The van der Waals surface area contributed by atoms with Crippen LogP contribution >= 0.6 is 34.5 Å². The van der Waals surface area contributed by atoms with Gasteiger partial charge in [0.05, 0.1) is 10.0 Å². The summed E-state index contributed by atoms with van der Waals surface area (Å²) in [5.74, 6) is -0.282. The second kappa shape index (κ2) is 5.71. The molecule has 3 nitrogen and oxygen atoms in total. The third kappa shape index (κ3) is 3.03. The molecule has 2 rings (SSSR count). The molecule has 1 amide bonds. The van der Waals surface area contributed by atoms with Crippen LogP contribution in [0.1, 0.15) is 10.9 Å². The van der Waals surface area contributed by atoms with Crippen LogP contribution in [-0.2, 0) is 4.79 Å². The number of rotatable bonds is 3. The SMILES string of the molecule is NC(C(=O)Nc1ccc(Cl)c(Cl)c1)c1cccs1. The zero-order valence-corrected chi connectivity index (χ0v) is 11.5. The van der Waals surface area contributed by atoms with E-state index in [1.807, 2.05) is 17.5 Å². The molecule has 18 heavy (non-hydrogen) atoms. The number of benzene rings is 1. The van der Waals surface area contributed by atoms with E-state index < -0.39 is 6.04 Å². The summed E-state index contributed by atoms with van der Waals surface area (Å²) in [4.78, 5) is 12.7. The second-order valence-electron chi connectivity index (χ2n) is 3.61. The van der Waals surface area contributed by atoms with Gasteiger partial charge in [0, 0.05) is 10.6 Å². The molecule has 2 aromatic rings. The lowest BCUT2D eigenvalue weighted by Crippen LogP contribution is -2.26. The predicted molar refractivity (Wildman–Crippen MR) is 76.3 cm³/mol. The van der Waals surface area contributed by atoms with Gasteiger partial charge in [-0.15, -0.1) is 11.3 Å². The van der Waals surface area contributed by atoms with Gasteiger partial charge in [-0.2, -0.15) is 0 Å². The Balaban J connectivity index is 2.09. The molecular formula is C12H10Cl2N2OS. The van der Waals surface area contributed by atoms with E-state index >= 15 is 0 Å². The Morgan fingerprint density at radius 3 is 2.67 bits per heavy atom. The Morgan fingerprint density at radius 2 is 2.06 bits per heavy atom. The van der Waals surface area contributed by atoms with Crippen molar-refractivity contribution in [3.05, 3.63) is 50.6 Å². The molecule has 0 saturated heterocycles. The van der Waals surface area contributed by atoms with Crippen LogP contribution < -0.4 is 11.1 Å². The van der Waals surface area contributed by atoms with Crippen LogP contribution in [0.25, 0.3) is 0 Å². The first-order valence-electron chi connectivity index (χ1n) is 5.13. The topological polar surface area (TPSA) is 55.1 Å². The maximum atomic E-state index is 11.9. The summed E-state index contributed by atoms with van der Waals surface area (Å²) in [5, 5.41) is 5.40. The number of thiophene rings is 1. The highest BCUT2D eigenvalue weighted by Gasteiger charge is 2.16. The molecule has 1 atom stereocenters. The highest BCUT2D eigenvalue weighted by Crippen LogP contribution is 2.26. The molecule has 94 valence electrons. The van der Waals surface area contributed by atoms with Gasteiger partial charge in [-0.25, -0.2) is 0 Å². The zero-order valence-electron chi connectivity index (χ0n) is 9.19. The molecular weight excluding hydrogens is 291 g/mol. The van der Waals surface area contributed by atoms with Crippen LogP contribution in [0.15, 0.2) is 35.7 Å². The van der Waals surface area contributed by atoms with Crippen molar-refractivity contribution in [2.75, 3.05) is 5.32 Å². The molecule has 0 saturated carbocycles. The van der Waals surface area contributed by atoms with Crippen LogP contribution in [0, 0.1) is 0 Å². The normalized spacial score (nSPS) is 12.2. The minimum absolute atomic E-state index is 0.282. The zero-order chi connectivity index (χ0) is 13.1. The fraction of sp³-hybridized carbons (Fsp3) is 0.0833. The third-order valence-corrected chi connectivity index (χ3v) is 4.01. The summed E-state index contributed by atoms with van der Waals surface area (Å²) in [6.45, 7) is 0. The van der Waals surface area contributed by atoms with Crippen molar-refractivity contribution in [1.82, 2.24) is 0 Å². The van der Waals surface area contributed by atoms with Gasteiger partial charge in [-0.05, 0) is 29.6 Å². The molecule has 0 bridgehead atoms. The standard InChI is InChI=1S/C12H10Cl2N2OS/c13-8-4-3-7(6-9(8)14)16-12(17)11(15)10-2-1-5-18-10/h1-6,11H,15H2,(H,16,17). The number of hydrogen-bond donors (Lipinski definition) is 2. The molecule has 0 radical (unpaired) electrons. The van der Waals surface area contributed by atoms with E-state index in [0.717, 1.165) is 4.88 Å². The smallest absolute Gasteiger partial charge is 0.246 e. The molecule has 1 heterocycles. The second-order valence-corrected chi connectivity index (χ2v) is 5.40. The molecule has 1 unspecified atom stereocenters. The van der Waals surface area contributed by atoms with Gasteiger partial charge in [0.25, 0.3) is 0 Å². The molecule has 0 spiro atoms. The van der Waals surface area contributed by atoms with Crippen LogP contribution in [0.2, 0.25) is 10.0 Å². The van der Waals surface area contributed by atoms with E-state index in [0.29, 0.717) is 15.7 Å².